The molecule has 1 unspecified atom stereocenters. The SMILES string of the molecule is COc1cccc2c1OCC(Cc1cc(N3CCCC3)nc(N)n1)C2. The van der Waals surface area contributed by atoms with Crippen molar-refractivity contribution in [3.63, 3.8) is 0 Å². The molecular weight excluding hydrogens is 316 g/mol. The van der Waals surface area contributed by atoms with E-state index in [0.29, 0.717) is 18.5 Å². The molecule has 0 saturated carbocycles. The molecule has 0 radical (unpaired) electrons. The molecule has 4 rings (SSSR count). The molecule has 6 nitrogen and oxygen atoms in total. The highest BCUT2D eigenvalue weighted by Gasteiger charge is 2.24. The number of anilines is 2. The van der Waals surface area contributed by atoms with Crippen LogP contribution in [0.15, 0.2) is 24.3 Å². The fourth-order valence-electron chi connectivity index (χ4n) is 3.76. The number of nitrogens with zero attached hydrogens (tertiary/aromatic N) is 3. The number of aromatic nitrogens is 2. The fraction of sp³-hybridized carbons (Fsp3) is 0.474. The van der Waals surface area contributed by atoms with Gasteiger partial charge in [-0.25, -0.2) is 4.98 Å². The van der Waals surface area contributed by atoms with Crippen molar-refractivity contribution in [2.24, 2.45) is 5.92 Å². The fourth-order valence-corrected chi connectivity index (χ4v) is 3.76. The van der Waals surface area contributed by atoms with Gasteiger partial charge in [-0.3, -0.25) is 0 Å². The van der Waals surface area contributed by atoms with E-state index in [-0.39, 0.29) is 0 Å². The lowest BCUT2D eigenvalue weighted by Gasteiger charge is -2.26. The zero-order valence-corrected chi connectivity index (χ0v) is 14.6. The average Bonchev–Trinajstić information content (AvgIpc) is 3.15. The number of fused-ring (bicyclic) bond motifs is 1. The Bertz CT molecular complexity index is 759. The third-order valence-corrected chi connectivity index (χ3v) is 4.96. The standard InChI is InChI=1S/C19H24N4O2/c1-24-16-6-4-5-14-9-13(12-25-18(14)16)10-15-11-17(22-19(20)21-15)23-7-2-3-8-23/h4-6,11,13H,2-3,7-10,12H2,1H3,(H2,20,21,22). The molecule has 2 aliphatic rings. The van der Waals surface area contributed by atoms with Crippen molar-refractivity contribution in [3.8, 4) is 11.5 Å². The zero-order valence-electron chi connectivity index (χ0n) is 14.6. The second-order valence-corrected chi connectivity index (χ2v) is 6.80. The summed E-state index contributed by atoms with van der Waals surface area (Å²) in [6, 6.07) is 8.14. The summed E-state index contributed by atoms with van der Waals surface area (Å²) in [7, 11) is 1.68. The molecule has 2 aliphatic heterocycles. The van der Waals surface area contributed by atoms with Gasteiger partial charge in [0, 0.05) is 30.8 Å². The summed E-state index contributed by atoms with van der Waals surface area (Å²) in [5.74, 6) is 3.37. The number of methoxy groups -OCH3 is 1. The van der Waals surface area contributed by atoms with E-state index in [4.69, 9.17) is 15.2 Å². The van der Waals surface area contributed by atoms with Crippen LogP contribution in [0.1, 0.15) is 24.1 Å². The predicted octanol–water partition coefficient (Wildman–Crippen LogP) is 2.46. The van der Waals surface area contributed by atoms with Crippen LogP contribution in [0, 0.1) is 5.92 Å². The molecule has 0 aliphatic carbocycles. The van der Waals surface area contributed by atoms with Crippen LogP contribution < -0.4 is 20.1 Å². The van der Waals surface area contributed by atoms with Gasteiger partial charge >= 0.3 is 0 Å². The van der Waals surface area contributed by atoms with E-state index < -0.39 is 0 Å². The van der Waals surface area contributed by atoms with Gasteiger partial charge in [-0.15, -0.1) is 0 Å². The van der Waals surface area contributed by atoms with Gasteiger partial charge < -0.3 is 20.1 Å². The smallest absolute Gasteiger partial charge is 0.222 e. The lowest BCUT2D eigenvalue weighted by molar-refractivity contribution is 0.210. The van der Waals surface area contributed by atoms with Gasteiger partial charge in [-0.1, -0.05) is 12.1 Å². The Labute approximate surface area is 148 Å². The summed E-state index contributed by atoms with van der Waals surface area (Å²) >= 11 is 0. The maximum atomic E-state index is 5.98. The third-order valence-electron chi connectivity index (χ3n) is 4.96. The summed E-state index contributed by atoms with van der Waals surface area (Å²) in [6.45, 7) is 2.77. The number of para-hydroxylation sites is 1. The van der Waals surface area contributed by atoms with Crippen LogP contribution in [0.25, 0.3) is 0 Å². The van der Waals surface area contributed by atoms with Crippen molar-refractivity contribution >= 4 is 11.8 Å². The first kappa shape index (κ1) is 16.0. The van der Waals surface area contributed by atoms with Crippen molar-refractivity contribution in [1.29, 1.82) is 0 Å². The topological polar surface area (TPSA) is 73.5 Å². The molecule has 2 N–H and O–H groups in total. The molecule has 25 heavy (non-hydrogen) atoms. The minimum atomic E-state index is 0.359. The molecule has 6 heteroatoms. The number of nitrogen functional groups attached to an aromatic ring is 1. The first-order valence-corrected chi connectivity index (χ1v) is 8.90. The van der Waals surface area contributed by atoms with Gasteiger partial charge in [0.1, 0.15) is 5.82 Å². The van der Waals surface area contributed by atoms with Crippen molar-refractivity contribution in [3.05, 3.63) is 35.5 Å². The van der Waals surface area contributed by atoms with E-state index in [1.165, 1.54) is 18.4 Å². The molecule has 3 heterocycles. The van der Waals surface area contributed by atoms with Gasteiger partial charge in [-0.2, -0.15) is 4.98 Å². The number of nitrogens with two attached hydrogens (primary N) is 1. The molecule has 2 aromatic rings. The Hall–Kier alpha value is -2.50. The minimum absolute atomic E-state index is 0.359. The van der Waals surface area contributed by atoms with E-state index in [1.807, 2.05) is 12.1 Å². The van der Waals surface area contributed by atoms with Crippen molar-refractivity contribution < 1.29 is 9.47 Å². The van der Waals surface area contributed by atoms with Gasteiger partial charge in [0.2, 0.25) is 5.95 Å². The van der Waals surface area contributed by atoms with Gasteiger partial charge in [-0.05, 0) is 37.3 Å². The first-order chi connectivity index (χ1) is 12.2. The van der Waals surface area contributed by atoms with E-state index in [1.54, 1.807) is 7.11 Å². The maximum absolute atomic E-state index is 5.98. The van der Waals surface area contributed by atoms with Crippen molar-refractivity contribution in [2.75, 3.05) is 37.4 Å². The van der Waals surface area contributed by atoms with Crippen LogP contribution in [0.4, 0.5) is 11.8 Å². The van der Waals surface area contributed by atoms with Crippen LogP contribution in [-0.4, -0.2) is 36.8 Å². The Morgan fingerprint density at radius 3 is 2.92 bits per heavy atom. The van der Waals surface area contributed by atoms with Crippen LogP contribution in [0.5, 0.6) is 11.5 Å². The molecule has 1 fully saturated rings. The molecule has 1 aromatic heterocycles. The number of hydrogen-bond acceptors (Lipinski definition) is 6. The lowest BCUT2D eigenvalue weighted by atomic mass is 9.92. The molecular formula is C19H24N4O2. The largest absolute Gasteiger partial charge is 0.493 e. The highest BCUT2D eigenvalue weighted by molar-refractivity contribution is 5.48. The number of hydrogen-bond donors (Lipinski definition) is 1. The Balaban J connectivity index is 1.51. The Morgan fingerprint density at radius 1 is 1.28 bits per heavy atom. The normalized spacial score (nSPS) is 19.4. The number of rotatable bonds is 4. The minimum Gasteiger partial charge on any atom is -0.493 e. The molecule has 1 aromatic carbocycles. The summed E-state index contributed by atoms with van der Waals surface area (Å²) in [4.78, 5) is 11.2. The number of ether oxygens (including phenoxy) is 2. The van der Waals surface area contributed by atoms with Gasteiger partial charge in [0.15, 0.2) is 11.5 Å². The quantitative estimate of drug-likeness (QED) is 0.922. The van der Waals surface area contributed by atoms with Crippen LogP contribution in [-0.2, 0) is 12.8 Å². The molecule has 132 valence electrons. The average molecular weight is 340 g/mol. The van der Waals surface area contributed by atoms with E-state index >= 15 is 0 Å². The van der Waals surface area contributed by atoms with Crippen LogP contribution in [0.2, 0.25) is 0 Å². The van der Waals surface area contributed by atoms with Crippen LogP contribution in [0.3, 0.4) is 0 Å². The van der Waals surface area contributed by atoms with Gasteiger partial charge in [0.25, 0.3) is 0 Å². The molecule has 0 bridgehead atoms. The second kappa shape index (κ2) is 6.78. The summed E-state index contributed by atoms with van der Waals surface area (Å²) in [6.07, 6.45) is 4.22. The van der Waals surface area contributed by atoms with Crippen LogP contribution >= 0.6 is 0 Å². The Morgan fingerprint density at radius 2 is 2.12 bits per heavy atom. The summed E-state index contributed by atoms with van der Waals surface area (Å²) in [5, 5.41) is 0. The van der Waals surface area contributed by atoms with Crippen molar-refractivity contribution in [1.82, 2.24) is 9.97 Å². The number of benzene rings is 1. The summed E-state index contributed by atoms with van der Waals surface area (Å²) < 4.78 is 11.4. The summed E-state index contributed by atoms with van der Waals surface area (Å²) in [5.41, 5.74) is 8.14. The van der Waals surface area contributed by atoms with E-state index in [2.05, 4.69) is 27.0 Å². The molecule has 1 atom stereocenters. The monoisotopic (exact) mass is 340 g/mol. The van der Waals surface area contributed by atoms with Crippen molar-refractivity contribution in [2.45, 2.75) is 25.7 Å². The lowest BCUT2D eigenvalue weighted by Crippen LogP contribution is -2.24. The molecule has 0 spiro atoms. The third kappa shape index (κ3) is 3.34. The zero-order chi connectivity index (χ0) is 17.2. The molecule has 0 amide bonds. The van der Waals surface area contributed by atoms with E-state index in [0.717, 1.165) is 48.9 Å². The highest BCUT2D eigenvalue weighted by atomic mass is 16.5. The predicted molar refractivity (Wildman–Crippen MR) is 97.3 cm³/mol. The first-order valence-electron chi connectivity index (χ1n) is 8.90. The molecule has 1 saturated heterocycles. The second-order valence-electron chi connectivity index (χ2n) is 6.80. The maximum Gasteiger partial charge on any atom is 0.222 e. The highest BCUT2D eigenvalue weighted by Crippen LogP contribution is 2.36. The Kier molecular flexibility index (Phi) is 4.34. The van der Waals surface area contributed by atoms with E-state index in [9.17, 15) is 0 Å². The van der Waals surface area contributed by atoms with Gasteiger partial charge in [0.05, 0.1) is 13.7 Å².